The molecule has 1 heterocycles. The van der Waals surface area contributed by atoms with Crippen molar-refractivity contribution in [3.05, 3.63) is 0 Å². The van der Waals surface area contributed by atoms with Crippen molar-refractivity contribution >= 4 is 0 Å². The van der Waals surface area contributed by atoms with E-state index in [4.69, 9.17) is 4.89 Å². The van der Waals surface area contributed by atoms with Crippen LogP contribution in [0.3, 0.4) is 0 Å². The van der Waals surface area contributed by atoms with E-state index in [9.17, 15) is 0 Å². The molecule has 0 aromatic heterocycles. The summed E-state index contributed by atoms with van der Waals surface area (Å²) in [7, 11) is 0. The first-order valence-corrected chi connectivity index (χ1v) is 7.90. The summed E-state index contributed by atoms with van der Waals surface area (Å²) < 4.78 is 0. The molecule has 0 bridgehead atoms. The van der Waals surface area contributed by atoms with Crippen LogP contribution in [0.25, 0.3) is 0 Å². The molecular weight excluding hydrogens is 244 g/mol. The molecule has 1 fully saturated rings. The summed E-state index contributed by atoms with van der Waals surface area (Å²) in [5, 5.41) is 8.73. The van der Waals surface area contributed by atoms with E-state index in [2.05, 4.69) is 28.8 Å². The highest BCUT2D eigenvalue weighted by atomic mass is 17.7. The van der Waals surface area contributed by atoms with Gasteiger partial charge in [-0.3, -0.25) is 0 Å². The summed E-state index contributed by atoms with van der Waals surface area (Å²) in [6.45, 7) is 5.14. The molecule has 0 spiro atoms. The molecule has 0 saturated carbocycles. The molecule has 1 aliphatic heterocycles. The fraction of sp³-hybridized carbons (Fsp3) is 1.00. The number of hydrogen-bond acceptors (Lipinski definition) is 4. The normalized spacial score (nSPS) is 20.7. The molecule has 1 atom stereocenters. The molecule has 1 saturated heterocycles. The molecule has 114 valence electrons. The molecule has 19 heavy (non-hydrogen) atoms. The van der Waals surface area contributed by atoms with Gasteiger partial charge in [-0.05, 0) is 22.4 Å². The van der Waals surface area contributed by atoms with E-state index in [1.165, 1.54) is 51.4 Å². The molecule has 0 N–H and O–H groups in total. The van der Waals surface area contributed by atoms with Crippen molar-refractivity contribution in [1.82, 2.24) is 0 Å². The van der Waals surface area contributed by atoms with E-state index < -0.39 is 0 Å². The van der Waals surface area contributed by atoms with E-state index in [-0.39, 0.29) is 6.10 Å². The number of hydrogen-bond donors (Lipinski definition) is 0. The Bertz CT molecular complexity index is 189. The van der Waals surface area contributed by atoms with Gasteiger partial charge >= 0.3 is 0 Å². The van der Waals surface area contributed by atoms with Crippen LogP contribution in [0, 0.1) is 5.92 Å². The van der Waals surface area contributed by atoms with Crippen molar-refractivity contribution in [2.45, 2.75) is 84.2 Å². The van der Waals surface area contributed by atoms with Gasteiger partial charge in [0.05, 0.1) is 12.7 Å². The second-order valence-corrected chi connectivity index (χ2v) is 5.91. The maximum Gasteiger partial charge on any atom is 0.0985 e. The van der Waals surface area contributed by atoms with Crippen LogP contribution < -0.4 is 0 Å². The van der Waals surface area contributed by atoms with Gasteiger partial charge in [-0.2, -0.15) is 0 Å². The molecule has 0 amide bonds. The monoisotopic (exact) mass is 274 g/mol. The van der Waals surface area contributed by atoms with Gasteiger partial charge in [-0.25, -0.2) is 9.78 Å². The Morgan fingerprint density at radius 2 is 1.58 bits per heavy atom. The highest BCUT2D eigenvalue weighted by Gasteiger charge is 2.14. The first kappa shape index (κ1) is 16.9. The Hall–Kier alpha value is -0.160. The summed E-state index contributed by atoms with van der Waals surface area (Å²) in [6.07, 6.45) is 12.7. The van der Waals surface area contributed by atoms with Gasteiger partial charge in [0.15, 0.2) is 0 Å². The lowest BCUT2D eigenvalue weighted by molar-refractivity contribution is -0.629. The molecule has 1 unspecified atom stereocenters. The van der Waals surface area contributed by atoms with E-state index in [0.29, 0.717) is 6.61 Å². The zero-order chi connectivity index (χ0) is 13.8. The molecule has 0 radical (unpaired) electrons. The summed E-state index contributed by atoms with van der Waals surface area (Å²) in [4.78, 5) is 9.71. The van der Waals surface area contributed by atoms with Crippen LogP contribution >= 0.6 is 0 Å². The fourth-order valence-electron chi connectivity index (χ4n) is 2.35. The summed E-state index contributed by atoms with van der Waals surface area (Å²) >= 11 is 0. The fourth-order valence-corrected chi connectivity index (χ4v) is 2.35. The van der Waals surface area contributed by atoms with Crippen LogP contribution in [0.1, 0.15) is 78.1 Å². The van der Waals surface area contributed by atoms with Crippen molar-refractivity contribution in [1.29, 1.82) is 0 Å². The van der Waals surface area contributed by atoms with Gasteiger partial charge in [0.2, 0.25) is 0 Å². The van der Waals surface area contributed by atoms with Crippen molar-refractivity contribution in [2.24, 2.45) is 5.92 Å². The maximum atomic E-state index is 5.04. The highest BCUT2D eigenvalue weighted by molar-refractivity contribution is 4.57. The van der Waals surface area contributed by atoms with Crippen LogP contribution in [-0.4, -0.2) is 12.7 Å². The summed E-state index contributed by atoms with van der Waals surface area (Å²) in [5.41, 5.74) is 0. The molecule has 1 aliphatic rings. The minimum atomic E-state index is 0.119. The van der Waals surface area contributed by atoms with Crippen LogP contribution in [0.5, 0.6) is 0 Å². The van der Waals surface area contributed by atoms with E-state index in [1.807, 2.05) is 0 Å². The zero-order valence-electron chi connectivity index (χ0n) is 12.6. The van der Waals surface area contributed by atoms with Crippen LogP contribution in [0.15, 0.2) is 0 Å². The second-order valence-electron chi connectivity index (χ2n) is 5.91. The van der Waals surface area contributed by atoms with Crippen molar-refractivity contribution < 1.29 is 19.9 Å². The summed E-state index contributed by atoms with van der Waals surface area (Å²) in [6, 6.07) is 0. The second kappa shape index (κ2) is 11.6. The molecule has 0 aromatic carbocycles. The predicted octanol–water partition coefficient (Wildman–Crippen LogP) is 4.74. The van der Waals surface area contributed by atoms with Crippen LogP contribution in [0.2, 0.25) is 0 Å². The molecule has 0 aliphatic carbocycles. The highest BCUT2D eigenvalue weighted by Crippen LogP contribution is 2.16. The van der Waals surface area contributed by atoms with Gasteiger partial charge in [-0.1, -0.05) is 65.2 Å². The number of rotatable bonds is 10. The Labute approximate surface area is 117 Å². The lowest BCUT2D eigenvalue weighted by atomic mass is 10.0. The number of unbranched alkanes of at least 4 members (excludes halogenated alkanes) is 6. The molecule has 1 rings (SSSR count). The van der Waals surface area contributed by atoms with Crippen LogP contribution in [0.4, 0.5) is 0 Å². The smallest absolute Gasteiger partial charge is 0.0985 e. The van der Waals surface area contributed by atoms with Gasteiger partial charge < -0.3 is 0 Å². The Morgan fingerprint density at radius 1 is 0.895 bits per heavy atom. The Morgan fingerprint density at radius 3 is 2.32 bits per heavy atom. The molecule has 0 aromatic rings. The Kier molecular flexibility index (Phi) is 10.4. The van der Waals surface area contributed by atoms with E-state index >= 15 is 0 Å². The third-order valence-electron chi connectivity index (χ3n) is 3.58. The summed E-state index contributed by atoms with van der Waals surface area (Å²) in [5.74, 6) is 0.856. The SMILES string of the molecule is CC(C)CCCCCCCCCC1CCOOOO1. The quantitative estimate of drug-likeness (QED) is 0.426. The average Bonchev–Trinajstić information content (AvgIpc) is 2.65. The Balaban J connectivity index is 1.80. The first-order chi connectivity index (χ1) is 9.29. The minimum absolute atomic E-state index is 0.119. The van der Waals surface area contributed by atoms with E-state index in [1.54, 1.807) is 0 Å². The van der Waals surface area contributed by atoms with Crippen molar-refractivity contribution in [2.75, 3.05) is 6.61 Å². The average molecular weight is 274 g/mol. The maximum absolute atomic E-state index is 5.04. The molecule has 4 heteroatoms. The van der Waals surface area contributed by atoms with Crippen LogP contribution in [-0.2, 0) is 19.9 Å². The first-order valence-electron chi connectivity index (χ1n) is 7.90. The van der Waals surface area contributed by atoms with Gasteiger partial charge in [0.1, 0.15) is 0 Å². The topological polar surface area (TPSA) is 36.9 Å². The van der Waals surface area contributed by atoms with Crippen molar-refractivity contribution in [3.63, 3.8) is 0 Å². The standard InChI is InChI=1S/C15H30O4/c1-14(2)10-8-6-4-3-5-7-9-11-15-12-13-16-18-19-17-15/h14-15H,3-13H2,1-2H3. The third kappa shape index (κ3) is 10.3. The van der Waals surface area contributed by atoms with Gasteiger partial charge in [0, 0.05) is 6.42 Å². The van der Waals surface area contributed by atoms with Crippen molar-refractivity contribution in [3.8, 4) is 0 Å². The zero-order valence-corrected chi connectivity index (χ0v) is 12.6. The third-order valence-corrected chi connectivity index (χ3v) is 3.58. The molecule has 4 nitrogen and oxygen atoms in total. The van der Waals surface area contributed by atoms with Gasteiger partial charge in [0.25, 0.3) is 0 Å². The lowest BCUT2D eigenvalue weighted by Gasteiger charge is -2.10. The largest absolute Gasteiger partial charge is 0.204 e. The lowest BCUT2D eigenvalue weighted by Crippen LogP contribution is -2.11. The minimum Gasteiger partial charge on any atom is -0.204 e. The van der Waals surface area contributed by atoms with Gasteiger partial charge in [-0.15, -0.1) is 0 Å². The molecular formula is C15H30O4. The van der Waals surface area contributed by atoms with E-state index in [0.717, 1.165) is 18.8 Å². The predicted molar refractivity (Wildman–Crippen MR) is 74.0 cm³/mol.